The third-order valence-corrected chi connectivity index (χ3v) is 2.71. The van der Waals surface area contributed by atoms with Crippen LogP contribution in [0, 0.1) is 0 Å². The van der Waals surface area contributed by atoms with E-state index in [4.69, 9.17) is 14.6 Å². The maximum absolute atomic E-state index is 12.0. The van der Waals surface area contributed by atoms with Crippen LogP contribution in [0.15, 0.2) is 0 Å². The zero-order valence-electron chi connectivity index (χ0n) is 10.2. The number of ether oxygens (including phenoxy) is 2. The van der Waals surface area contributed by atoms with Crippen LogP contribution in [-0.4, -0.2) is 60.9 Å². The van der Waals surface area contributed by atoms with Crippen molar-refractivity contribution in [2.45, 2.75) is 32.0 Å². The quantitative estimate of drug-likeness (QED) is 0.719. The molecule has 1 rings (SSSR count). The van der Waals surface area contributed by atoms with Gasteiger partial charge in [-0.15, -0.1) is 0 Å². The summed E-state index contributed by atoms with van der Waals surface area (Å²) in [5.41, 5.74) is 0. The minimum atomic E-state index is -1.03. The molecule has 0 aromatic rings. The highest BCUT2D eigenvalue weighted by Gasteiger charge is 2.32. The first-order valence-electron chi connectivity index (χ1n) is 5.69. The van der Waals surface area contributed by atoms with Gasteiger partial charge in [0.1, 0.15) is 12.6 Å². The first-order chi connectivity index (χ1) is 8.04. The van der Waals surface area contributed by atoms with Gasteiger partial charge in [-0.2, -0.15) is 0 Å². The van der Waals surface area contributed by atoms with Gasteiger partial charge in [-0.3, -0.25) is 9.59 Å². The van der Waals surface area contributed by atoms with Crippen molar-refractivity contribution in [1.29, 1.82) is 0 Å². The zero-order chi connectivity index (χ0) is 12.8. The van der Waals surface area contributed by atoms with E-state index in [2.05, 4.69) is 0 Å². The summed E-state index contributed by atoms with van der Waals surface area (Å²) in [6.07, 6.45) is 1.06. The Morgan fingerprint density at radius 2 is 2.18 bits per heavy atom. The fraction of sp³-hybridized carbons (Fsp3) is 0.818. The molecule has 1 heterocycles. The summed E-state index contributed by atoms with van der Waals surface area (Å²) in [6.45, 7) is 2.19. The largest absolute Gasteiger partial charge is 0.480 e. The second-order valence-electron chi connectivity index (χ2n) is 4.16. The molecule has 98 valence electrons. The van der Waals surface area contributed by atoms with Crippen molar-refractivity contribution in [1.82, 2.24) is 4.90 Å². The van der Waals surface area contributed by atoms with E-state index in [1.165, 1.54) is 12.0 Å². The van der Waals surface area contributed by atoms with Crippen LogP contribution in [0.5, 0.6) is 0 Å². The molecular weight excluding hydrogens is 226 g/mol. The minimum absolute atomic E-state index is 0.0676. The maximum Gasteiger partial charge on any atom is 0.323 e. The van der Waals surface area contributed by atoms with Gasteiger partial charge in [-0.25, -0.2) is 0 Å². The van der Waals surface area contributed by atoms with E-state index in [9.17, 15) is 9.59 Å². The monoisotopic (exact) mass is 245 g/mol. The highest BCUT2D eigenvalue weighted by Crippen LogP contribution is 2.20. The average Bonchev–Trinajstić information content (AvgIpc) is 2.69. The van der Waals surface area contributed by atoms with Crippen molar-refractivity contribution in [3.05, 3.63) is 0 Å². The number of carboxylic acids is 1. The van der Waals surface area contributed by atoms with E-state index in [-0.39, 0.29) is 25.1 Å². The van der Waals surface area contributed by atoms with Crippen LogP contribution < -0.4 is 0 Å². The number of aliphatic carboxylic acids is 1. The van der Waals surface area contributed by atoms with Crippen LogP contribution in [0.2, 0.25) is 0 Å². The van der Waals surface area contributed by atoms with E-state index >= 15 is 0 Å². The lowest BCUT2D eigenvalue weighted by molar-refractivity contribution is -0.150. The number of carbonyl (C=O) groups excluding carboxylic acids is 1. The lowest BCUT2D eigenvalue weighted by Crippen LogP contribution is -2.43. The van der Waals surface area contributed by atoms with E-state index < -0.39 is 12.1 Å². The smallest absolute Gasteiger partial charge is 0.323 e. The SMILES string of the molecule is COCCN(CC(=O)O)C(=O)C1CCC(C)O1. The van der Waals surface area contributed by atoms with Crippen LogP contribution >= 0.6 is 0 Å². The highest BCUT2D eigenvalue weighted by molar-refractivity contribution is 5.84. The molecule has 0 saturated carbocycles. The van der Waals surface area contributed by atoms with Crippen molar-refractivity contribution in [3.63, 3.8) is 0 Å². The Hall–Kier alpha value is -1.14. The second-order valence-corrected chi connectivity index (χ2v) is 4.16. The highest BCUT2D eigenvalue weighted by atomic mass is 16.5. The number of carboxylic acid groups (broad SMARTS) is 1. The van der Waals surface area contributed by atoms with Crippen molar-refractivity contribution in [2.24, 2.45) is 0 Å². The van der Waals surface area contributed by atoms with E-state index in [1.807, 2.05) is 6.92 Å². The van der Waals surface area contributed by atoms with Gasteiger partial charge >= 0.3 is 5.97 Å². The Morgan fingerprint density at radius 3 is 2.65 bits per heavy atom. The van der Waals surface area contributed by atoms with Crippen LogP contribution in [-0.2, 0) is 19.1 Å². The molecule has 0 spiro atoms. The molecule has 1 fully saturated rings. The lowest BCUT2D eigenvalue weighted by Gasteiger charge is -2.23. The van der Waals surface area contributed by atoms with E-state index in [1.54, 1.807) is 0 Å². The van der Waals surface area contributed by atoms with E-state index in [0.29, 0.717) is 13.0 Å². The Bertz CT molecular complexity index is 281. The molecule has 0 aromatic heterocycles. The lowest BCUT2D eigenvalue weighted by atomic mass is 10.2. The number of nitrogens with zero attached hydrogens (tertiary/aromatic N) is 1. The summed E-state index contributed by atoms with van der Waals surface area (Å²) >= 11 is 0. The number of amides is 1. The molecule has 0 bridgehead atoms. The molecule has 0 aromatic carbocycles. The summed E-state index contributed by atoms with van der Waals surface area (Å²) in [6, 6.07) is 0. The molecule has 1 saturated heterocycles. The number of carbonyl (C=O) groups is 2. The molecule has 0 aliphatic carbocycles. The molecular formula is C11H19NO5. The van der Waals surface area contributed by atoms with Crippen molar-refractivity contribution in [2.75, 3.05) is 26.8 Å². The standard InChI is InChI=1S/C11H19NO5/c1-8-3-4-9(17-8)11(15)12(5-6-16-2)7-10(13)14/h8-9H,3-7H2,1-2H3,(H,13,14). The Kier molecular flexibility index (Phi) is 5.37. The normalized spacial score (nSPS) is 23.6. The molecule has 1 aliphatic heterocycles. The van der Waals surface area contributed by atoms with Gasteiger partial charge in [-0.05, 0) is 19.8 Å². The molecule has 2 atom stereocenters. The minimum Gasteiger partial charge on any atom is -0.480 e. The van der Waals surface area contributed by atoms with Gasteiger partial charge in [-0.1, -0.05) is 0 Å². The first-order valence-corrected chi connectivity index (χ1v) is 5.69. The maximum atomic E-state index is 12.0. The molecule has 0 radical (unpaired) electrons. The van der Waals surface area contributed by atoms with Crippen molar-refractivity contribution < 1.29 is 24.2 Å². The molecule has 6 nitrogen and oxygen atoms in total. The predicted molar refractivity (Wildman–Crippen MR) is 59.7 cm³/mol. The zero-order valence-corrected chi connectivity index (χ0v) is 10.2. The molecule has 1 aliphatic rings. The van der Waals surface area contributed by atoms with Crippen molar-refractivity contribution in [3.8, 4) is 0 Å². The third-order valence-electron chi connectivity index (χ3n) is 2.71. The second kappa shape index (κ2) is 6.56. The molecule has 2 unspecified atom stereocenters. The first kappa shape index (κ1) is 13.9. The van der Waals surface area contributed by atoms with Gasteiger partial charge in [0, 0.05) is 13.7 Å². The Labute approximate surface area is 100 Å². The van der Waals surface area contributed by atoms with Crippen LogP contribution in [0.25, 0.3) is 0 Å². The van der Waals surface area contributed by atoms with Gasteiger partial charge in [0.05, 0.1) is 12.7 Å². The Balaban J connectivity index is 2.55. The summed E-state index contributed by atoms with van der Waals surface area (Å²) in [4.78, 5) is 24.0. The third kappa shape index (κ3) is 4.32. The summed E-state index contributed by atoms with van der Waals surface area (Å²) in [7, 11) is 1.51. The molecule has 1 N–H and O–H groups in total. The number of methoxy groups -OCH3 is 1. The topological polar surface area (TPSA) is 76.1 Å². The average molecular weight is 245 g/mol. The molecule has 6 heteroatoms. The van der Waals surface area contributed by atoms with Gasteiger partial charge in [0.15, 0.2) is 0 Å². The predicted octanol–water partition coefficient (Wildman–Crippen LogP) is 0.114. The van der Waals surface area contributed by atoms with Crippen LogP contribution in [0.3, 0.4) is 0 Å². The van der Waals surface area contributed by atoms with Crippen molar-refractivity contribution >= 4 is 11.9 Å². The summed E-state index contributed by atoms with van der Waals surface area (Å²) in [5.74, 6) is -1.28. The summed E-state index contributed by atoms with van der Waals surface area (Å²) < 4.78 is 10.3. The fourth-order valence-electron chi connectivity index (χ4n) is 1.82. The number of hydrogen-bond acceptors (Lipinski definition) is 4. The number of rotatable bonds is 6. The Morgan fingerprint density at radius 1 is 1.47 bits per heavy atom. The van der Waals surface area contributed by atoms with E-state index in [0.717, 1.165) is 6.42 Å². The van der Waals surface area contributed by atoms with Gasteiger partial charge < -0.3 is 19.5 Å². The van der Waals surface area contributed by atoms with Crippen LogP contribution in [0.4, 0.5) is 0 Å². The molecule has 17 heavy (non-hydrogen) atoms. The van der Waals surface area contributed by atoms with Crippen LogP contribution in [0.1, 0.15) is 19.8 Å². The fourth-order valence-corrected chi connectivity index (χ4v) is 1.82. The summed E-state index contributed by atoms with van der Waals surface area (Å²) in [5, 5.41) is 8.75. The van der Waals surface area contributed by atoms with Gasteiger partial charge in [0.25, 0.3) is 5.91 Å². The van der Waals surface area contributed by atoms with Gasteiger partial charge in [0.2, 0.25) is 0 Å². The number of hydrogen-bond donors (Lipinski definition) is 1. The molecule has 1 amide bonds.